The van der Waals surface area contributed by atoms with Gasteiger partial charge in [-0.25, -0.2) is 0 Å². The third kappa shape index (κ3) is 5.83. The number of quaternary nitrogens is 1. The van der Waals surface area contributed by atoms with E-state index in [9.17, 15) is 10.1 Å². The van der Waals surface area contributed by atoms with Gasteiger partial charge in [0.1, 0.15) is 0 Å². The van der Waals surface area contributed by atoms with Crippen molar-refractivity contribution in [2.45, 2.75) is 20.3 Å². The Morgan fingerprint density at radius 1 is 1.26 bits per heavy atom. The zero-order valence-electron chi connectivity index (χ0n) is 13.6. The number of aromatic nitrogens is 2. The predicted molar refractivity (Wildman–Crippen MR) is 88.7 cm³/mol. The van der Waals surface area contributed by atoms with Crippen molar-refractivity contribution >= 4 is 23.3 Å². The van der Waals surface area contributed by atoms with E-state index in [2.05, 4.69) is 34.4 Å². The Bertz CT molecular complexity index is 509. The van der Waals surface area contributed by atoms with E-state index >= 15 is 0 Å². The summed E-state index contributed by atoms with van der Waals surface area (Å²) in [5.41, 5.74) is 5.27. The molecule has 0 fully saturated rings. The molecule has 0 bridgehead atoms. The minimum atomic E-state index is -0.636. The molecule has 0 unspecified atom stereocenters. The van der Waals surface area contributed by atoms with Gasteiger partial charge < -0.3 is 26.4 Å². The first-order chi connectivity index (χ1) is 11.0. The molecule has 0 saturated heterocycles. The van der Waals surface area contributed by atoms with Crippen molar-refractivity contribution < 1.29 is 14.9 Å². The average molecular weight is 328 g/mol. The number of rotatable bonds is 11. The molecule has 1 rings (SSSR count). The average Bonchev–Trinajstić information content (AvgIpc) is 2.52. The normalized spacial score (nSPS) is 10.8. The lowest BCUT2D eigenvalue weighted by atomic mass is 10.3. The van der Waals surface area contributed by atoms with Gasteiger partial charge in [0.05, 0.1) is 31.2 Å². The summed E-state index contributed by atoms with van der Waals surface area (Å²) in [6, 6.07) is 0. The molecule has 23 heavy (non-hydrogen) atoms. The van der Waals surface area contributed by atoms with Gasteiger partial charge in [-0.05, 0) is 13.8 Å². The quantitative estimate of drug-likeness (QED) is 0.200. The first-order valence-corrected chi connectivity index (χ1v) is 7.77. The SMILES string of the molecule is CC[NH+](CC)CCCNc1nc(N)c([N+](=O)[O-])c(NCCO)n1. The van der Waals surface area contributed by atoms with Gasteiger partial charge >= 0.3 is 5.69 Å². The van der Waals surface area contributed by atoms with Crippen LogP contribution in [0.5, 0.6) is 0 Å². The lowest BCUT2D eigenvalue weighted by Gasteiger charge is -2.15. The molecule has 6 N–H and O–H groups in total. The van der Waals surface area contributed by atoms with Crippen LogP contribution in [0.1, 0.15) is 20.3 Å². The fourth-order valence-electron chi connectivity index (χ4n) is 2.17. The van der Waals surface area contributed by atoms with Crippen molar-refractivity contribution in [2.75, 3.05) is 55.7 Å². The fraction of sp³-hybridized carbons (Fsp3) is 0.692. The van der Waals surface area contributed by atoms with Crippen molar-refractivity contribution in [2.24, 2.45) is 0 Å². The number of hydrogen-bond donors (Lipinski definition) is 5. The van der Waals surface area contributed by atoms with Crippen molar-refractivity contribution in [3.05, 3.63) is 10.1 Å². The number of nitrogens with one attached hydrogen (secondary N) is 3. The smallest absolute Gasteiger partial charge is 0.353 e. The van der Waals surface area contributed by atoms with Crippen LogP contribution in [0.4, 0.5) is 23.3 Å². The largest absolute Gasteiger partial charge is 0.395 e. The summed E-state index contributed by atoms with van der Waals surface area (Å²) in [4.78, 5) is 19.9. The zero-order chi connectivity index (χ0) is 17.2. The molecule has 0 aliphatic heterocycles. The third-order valence-corrected chi connectivity index (χ3v) is 3.49. The van der Waals surface area contributed by atoms with Gasteiger partial charge in [-0.1, -0.05) is 0 Å². The molecule has 0 amide bonds. The van der Waals surface area contributed by atoms with Gasteiger partial charge in [-0.3, -0.25) is 10.1 Å². The summed E-state index contributed by atoms with van der Waals surface area (Å²) in [6.45, 7) is 8.09. The predicted octanol–water partition coefficient (Wildman–Crippen LogP) is -0.902. The van der Waals surface area contributed by atoms with Gasteiger partial charge in [-0.15, -0.1) is 0 Å². The van der Waals surface area contributed by atoms with Crippen LogP contribution in [-0.2, 0) is 0 Å². The second-order valence-corrected chi connectivity index (χ2v) is 5.02. The van der Waals surface area contributed by atoms with Crippen LogP contribution in [0, 0.1) is 10.1 Å². The van der Waals surface area contributed by atoms with Crippen LogP contribution >= 0.6 is 0 Å². The van der Waals surface area contributed by atoms with E-state index in [1.54, 1.807) is 0 Å². The number of aliphatic hydroxyl groups excluding tert-OH is 1. The molecule has 10 nitrogen and oxygen atoms in total. The van der Waals surface area contributed by atoms with E-state index in [1.165, 1.54) is 4.90 Å². The van der Waals surface area contributed by atoms with Crippen LogP contribution < -0.4 is 21.3 Å². The van der Waals surface area contributed by atoms with Crippen LogP contribution in [0.15, 0.2) is 0 Å². The second kappa shape index (κ2) is 9.74. The number of nitrogens with zero attached hydrogens (tertiary/aromatic N) is 3. The molecule has 0 aromatic carbocycles. The summed E-state index contributed by atoms with van der Waals surface area (Å²) < 4.78 is 0. The maximum atomic E-state index is 11.0. The summed E-state index contributed by atoms with van der Waals surface area (Å²) in [5.74, 6) is 0.0406. The molecular formula is C13H26N7O3+. The molecule has 1 heterocycles. The Balaban J connectivity index is 2.72. The number of nitrogen functional groups attached to an aromatic ring is 1. The number of nitrogens with two attached hydrogens (primary N) is 1. The van der Waals surface area contributed by atoms with Gasteiger partial charge in [0.2, 0.25) is 17.6 Å². The Kier molecular flexibility index (Phi) is 7.98. The summed E-state index contributed by atoms with van der Waals surface area (Å²) in [6.07, 6.45) is 0.927. The van der Waals surface area contributed by atoms with E-state index < -0.39 is 4.92 Å². The van der Waals surface area contributed by atoms with E-state index in [0.717, 1.165) is 26.1 Å². The minimum Gasteiger partial charge on any atom is -0.395 e. The molecule has 130 valence electrons. The fourth-order valence-corrected chi connectivity index (χ4v) is 2.17. The number of anilines is 3. The highest BCUT2D eigenvalue weighted by Crippen LogP contribution is 2.28. The minimum absolute atomic E-state index is 0.00779. The first kappa shape index (κ1) is 18.8. The number of aliphatic hydroxyl groups is 1. The molecular weight excluding hydrogens is 302 g/mol. The highest BCUT2D eigenvalue weighted by molar-refractivity contribution is 5.69. The van der Waals surface area contributed by atoms with Crippen molar-refractivity contribution in [1.82, 2.24) is 9.97 Å². The highest BCUT2D eigenvalue weighted by atomic mass is 16.6. The van der Waals surface area contributed by atoms with Gasteiger partial charge in [-0.2, -0.15) is 9.97 Å². The Morgan fingerprint density at radius 2 is 1.96 bits per heavy atom. The van der Waals surface area contributed by atoms with E-state index in [4.69, 9.17) is 10.8 Å². The van der Waals surface area contributed by atoms with Crippen molar-refractivity contribution in [3.8, 4) is 0 Å². The Labute approximate surface area is 135 Å². The van der Waals surface area contributed by atoms with Gasteiger partial charge in [0.25, 0.3) is 0 Å². The first-order valence-electron chi connectivity index (χ1n) is 7.77. The van der Waals surface area contributed by atoms with Gasteiger partial charge in [0.15, 0.2) is 0 Å². The highest BCUT2D eigenvalue weighted by Gasteiger charge is 2.22. The maximum absolute atomic E-state index is 11.0. The maximum Gasteiger partial charge on any atom is 0.353 e. The Morgan fingerprint density at radius 3 is 2.52 bits per heavy atom. The topological polar surface area (TPSA) is 144 Å². The zero-order valence-corrected chi connectivity index (χ0v) is 13.6. The monoisotopic (exact) mass is 328 g/mol. The molecule has 0 spiro atoms. The molecule has 0 aliphatic carbocycles. The molecule has 0 atom stereocenters. The Hall–Kier alpha value is -2.20. The van der Waals surface area contributed by atoms with E-state index in [0.29, 0.717) is 6.54 Å². The summed E-state index contributed by atoms with van der Waals surface area (Å²) in [7, 11) is 0. The van der Waals surface area contributed by atoms with Crippen LogP contribution in [-0.4, -0.2) is 59.3 Å². The van der Waals surface area contributed by atoms with Crippen molar-refractivity contribution in [3.63, 3.8) is 0 Å². The van der Waals surface area contributed by atoms with Crippen LogP contribution in [0.2, 0.25) is 0 Å². The lowest BCUT2D eigenvalue weighted by molar-refractivity contribution is -0.896. The van der Waals surface area contributed by atoms with Crippen molar-refractivity contribution in [1.29, 1.82) is 0 Å². The lowest BCUT2D eigenvalue weighted by Crippen LogP contribution is -3.11. The number of nitro groups is 1. The molecule has 0 radical (unpaired) electrons. The van der Waals surface area contributed by atoms with E-state index in [-0.39, 0.29) is 36.4 Å². The molecule has 1 aromatic rings. The molecule has 10 heteroatoms. The molecule has 0 saturated carbocycles. The van der Waals surface area contributed by atoms with Gasteiger partial charge in [0, 0.05) is 19.5 Å². The summed E-state index contributed by atoms with van der Waals surface area (Å²) >= 11 is 0. The standard InChI is InChI=1S/C13H25N7O3/c1-3-19(4-2)8-5-6-16-13-17-11(14)10(20(22)23)12(18-13)15-7-9-21/h21H,3-9H2,1-2H3,(H4,14,15,16,17,18)/p+1. The van der Waals surface area contributed by atoms with Crippen LogP contribution in [0.25, 0.3) is 0 Å². The van der Waals surface area contributed by atoms with E-state index in [1.807, 2.05) is 0 Å². The third-order valence-electron chi connectivity index (χ3n) is 3.49. The van der Waals surface area contributed by atoms with Crippen LogP contribution in [0.3, 0.4) is 0 Å². The summed E-state index contributed by atoms with van der Waals surface area (Å²) in [5, 5.41) is 25.6. The second-order valence-electron chi connectivity index (χ2n) is 5.02. The molecule has 1 aromatic heterocycles. The molecule has 0 aliphatic rings. The number of hydrogen-bond acceptors (Lipinski definition) is 8.